The van der Waals surface area contributed by atoms with Crippen LogP contribution in [0.3, 0.4) is 0 Å². The van der Waals surface area contributed by atoms with Gasteiger partial charge in [0.05, 0.1) is 0 Å². The molecule has 0 aliphatic rings. The molecule has 0 aliphatic carbocycles. The minimum atomic E-state index is 0. The molecule has 0 nitrogen and oxygen atoms in total. The van der Waals surface area contributed by atoms with E-state index >= 15 is 0 Å². The Bertz CT molecular complexity index is 706. The van der Waals surface area contributed by atoms with Crippen LogP contribution in [0, 0.1) is 6.92 Å². The first-order valence-electron chi connectivity index (χ1n) is 9.73. The van der Waals surface area contributed by atoms with Crippen LogP contribution in [0.2, 0.25) is 0 Å². The zero-order chi connectivity index (χ0) is 18.2. The zero-order valence-electron chi connectivity index (χ0n) is 17.8. The third kappa shape index (κ3) is 7.01. The second kappa shape index (κ2) is 15.2. The third-order valence-corrected chi connectivity index (χ3v) is 5.01. The van der Waals surface area contributed by atoms with E-state index in [1.54, 1.807) is 22.3 Å². The van der Waals surface area contributed by atoms with Gasteiger partial charge in [-0.05, 0) is 13.3 Å². The van der Waals surface area contributed by atoms with E-state index in [2.05, 4.69) is 58.9 Å². The molecule has 0 unspecified atom stereocenters. The van der Waals surface area contributed by atoms with E-state index in [9.17, 15) is 0 Å². The number of benzene rings is 1. The molecule has 0 heterocycles. The molecule has 0 amide bonds. The molecule has 3 rings (SSSR count). The summed E-state index contributed by atoms with van der Waals surface area (Å²) in [4.78, 5) is 0. The van der Waals surface area contributed by atoms with Crippen molar-refractivity contribution in [1.82, 2.24) is 0 Å². The maximum atomic E-state index is 2.30. The van der Waals surface area contributed by atoms with Gasteiger partial charge in [-0.25, -0.2) is 12.1 Å². The van der Waals surface area contributed by atoms with Crippen molar-refractivity contribution in [2.24, 2.45) is 0 Å². The summed E-state index contributed by atoms with van der Waals surface area (Å²) in [6.45, 7) is 11.3. The predicted octanol–water partition coefficient (Wildman–Crippen LogP) is 1.04. The molecule has 0 radical (unpaired) electrons. The van der Waals surface area contributed by atoms with Gasteiger partial charge in [-0.15, -0.1) is 16.7 Å². The van der Waals surface area contributed by atoms with Gasteiger partial charge in [0, 0.05) is 0 Å². The van der Waals surface area contributed by atoms with Crippen LogP contribution in [0.1, 0.15) is 55.5 Å². The SMILES string of the molecule is CCc1c(CC)c(-c2ccc(C)cc2)[c-](CC)c1CC.[Cl-].[Cl-].[Hf+4].c1cc[cH-]c1. The molecule has 3 aromatic rings. The van der Waals surface area contributed by atoms with Gasteiger partial charge >= 0.3 is 25.8 Å². The van der Waals surface area contributed by atoms with Gasteiger partial charge in [-0.1, -0.05) is 82.3 Å². The summed E-state index contributed by atoms with van der Waals surface area (Å²) < 4.78 is 0. The van der Waals surface area contributed by atoms with Gasteiger partial charge in [0.25, 0.3) is 0 Å². The van der Waals surface area contributed by atoms with Crippen LogP contribution in [0.15, 0.2) is 54.6 Å². The molecular weight excluding hydrogens is 550 g/mol. The molecule has 150 valence electrons. The Morgan fingerprint density at radius 1 is 0.786 bits per heavy atom. The van der Waals surface area contributed by atoms with Crippen molar-refractivity contribution in [2.75, 3.05) is 0 Å². The topological polar surface area (TPSA) is 0 Å². The van der Waals surface area contributed by atoms with Gasteiger partial charge in [-0.3, -0.25) is 0 Å². The van der Waals surface area contributed by atoms with Crippen LogP contribution >= 0.6 is 0 Å². The Kier molecular flexibility index (Phi) is 16.1. The van der Waals surface area contributed by atoms with Crippen LogP contribution in [0.25, 0.3) is 11.1 Å². The molecular formula is C25H32Cl2Hf. The zero-order valence-corrected chi connectivity index (χ0v) is 22.9. The van der Waals surface area contributed by atoms with Crippen LogP contribution in [0.5, 0.6) is 0 Å². The first-order valence-corrected chi connectivity index (χ1v) is 9.73. The van der Waals surface area contributed by atoms with Crippen molar-refractivity contribution in [2.45, 2.75) is 60.3 Å². The standard InChI is InChI=1S/C20H27.C5H5.2ClH.Hf/c1-6-16-17(7-2)19(9-4)20(18(16)8-3)15-12-10-14(5)11-13-15;1-2-4-5-3-1;;;/h10-13H,6-9H2,1-5H3;1-5H;2*1H;/q2*-1;;;+4/p-2. The fourth-order valence-electron chi connectivity index (χ4n) is 3.87. The van der Waals surface area contributed by atoms with E-state index in [0.717, 1.165) is 25.7 Å². The summed E-state index contributed by atoms with van der Waals surface area (Å²) in [6, 6.07) is 19.1. The molecule has 0 saturated heterocycles. The maximum Gasteiger partial charge on any atom is 4.00 e. The van der Waals surface area contributed by atoms with E-state index in [1.807, 2.05) is 30.3 Å². The van der Waals surface area contributed by atoms with Crippen molar-refractivity contribution in [3.8, 4) is 11.1 Å². The number of halogens is 2. The van der Waals surface area contributed by atoms with E-state index in [1.165, 1.54) is 16.7 Å². The summed E-state index contributed by atoms with van der Waals surface area (Å²) in [6.07, 6.45) is 4.59. The fourth-order valence-corrected chi connectivity index (χ4v) is 3.87. The first kappa shape index (κ1) is 29.6. The summed E-state index contributed by atoms with van der Waals surface area (Å²) in [5.74, 6) is 0. The Labute approximate surface area is 203 Å². The average Bonchev–Trinajstić information content (AvgIpc) is 3.31. The Hall–Kier alpha value is -0.630. The molecule has 0 bridgehead atoms. The third-order valence-electron chi connectivity index (χ3n) is 5.01. The largest absolute Gasteiger partial charge is 4.00 e. The average molecular weight is 582 g/mol. The predicted molar refractivity (Wildman–Crippen MR) is 112 cm³/mol. The van der Waals surface area contributed by atoms with Gasteiger partial charge in [0.15, 0.2) is 0 Å². The molecule has 0 aromatic heterocycles. The molecule has 0 fully saturated rings. The molecule has 0 N–H and O–H groups in total. The second-order valence-corrected chi connectivity index (χ2v) is 6.53. The molecule has 0 saturated carbocycles. The van der Waals surface area contributed by atoms with Crippen molar-refractivity contribution in [3.63, 3.8) is 0 Å². The smallest absolute Gasteiger partial charge is 1.00 e. The quantitative estimate of drug-likeness (QED) is 0.312. The van der Waals surface area contributed by atoms with Crippen LogP contribution in [-0.4, -0.2) is 0 Å². The Balaban J connectivity index is 0. The van der Waals surface area contributed by atoms with Crippen LogP contribution in [-0.2, 0) is 51.5 Å². The van der Waals surface area contributed by atoms with Crippen molar-refractivity contribution in [3.05, 3.63) is 82.4 Å². The van der Waals surface area contributed by atoms with Gasteiger partial charge < -0.3 is 24.8 Å². The van der Waals surface area contributed by atoms with Crippen molar-refractivity contribution < 1.29 is 50.7 Å². The monoisotopic (exact) mass is 582 g/mol. The van der Waals surface area contributed by atoms with Crippen LogP contribution < -0.4 is 24.8 Å². The van der Waals surface area contributed by atoms with E-state index in [4.69, 9.17) is 0 Å². The molecule has 0 spiro atoms. The minimum absolute atomic E-state index is 0. The summed E-state index contributed by atoms with van der Waals surface area (Å²) >= 11 is 0. The van der Waals surface area contributed by atoms with E-state index < -0.39 is 0 Å². The summed E-state index contributed by atoms with van der Waals surface area (Å²) in [5.41, 5.74) is 10.7. The second-order valence-electron chi connectivity index (χ2n) is 6.53. The number of aryl methyl sites for hydroxylation is 1. The number of hydrogen-bond donors (Lipinski definition) is 0. The summed E-state index contributed by atoms with van der Waals surface area (Å²) in [7, 11) is 0. The van der Waals surface area contributed by atoms with Crippen LogP contribution in [0.4, 0.5) is 0 Å². The maximum absolute atomic E-state index is 2.30. The van der Waals surface area contributed by atoms with E-state index in [-0.39, 0.29) is 50.7 Å². The molecule has 0 aliphatic heterocycles. The fraction of sp³-hybridized carbons (Fsp3) is 0.360. The van der Waals surface area contributed by atoms with Crippen molar-refractivity contribution >= 4 is 0 Å². The normalized spacial score (nSPS) is 9.32. The molecule has 3 heteroatoms. The Morgan fingerprint density at radius 2 is 1.32 bits per heavy atom. The molecule has 28 heavy (non-hydrogen) atoms. The van der Waals surface area contributed by atoms with E-state index in [0.29, 0.717) is 0 Å². The van der Waals surface area contributed by atoms with Gasteiger partial charge in [0.1, 0.15) is 0 Å². The summed E-state index contributed by atoms with van der Waals surface area (Å²) in [5, 5.41) is 0. The van der Waals surface area contributed by atoms with Gasteiger partial charge in [0.2, 0.25) is 0 Å². The minimum Gasteiger partial charge on any atom is -1.00 e. The number of hydrogen-bond acceptors (Lipinski definition) is 0. The van der Waals surface area contributed by atoms with Gasteiger partial charge in [-0.2, -0.15) is 29.3 Å². The van der Waals surface area contributed by atoms with Crippen molar-refractivity contribution in [1.29, 1.82) is 0 Å². The molecule has 0 atom stereocenters. The Morgan fingerprint density at radius 3 is 1.68 bits per heavy atom. The number of rotatable bonds is 5. The molecule has 3 aromatic carbocycles. The first-order chi connectivity index (χ1) is 12.2.